The fourth-order valence-corrected chi connectivity index (χ4v) is 4.54. The van der Waals surface area contributed by atoms with Gasteiger partial charge in [-0.3, -0.25) is 14.5 Å². The minimum absolute atomic E-state index is 0.0911. The molecule has 2 heterocycles. The topological polar surface area (TPSA) is 84.0 Å². The van der Waals surface area contributed by atoms with Gasteiger partial charge in [-0.25, -0.2) is 4.98 Å². The molecule has 9 heteroatoms. The molecule has 1 N–H and O–H groups in total. The van der Waals surface area contributed by atoms with Crippen LogP contribution < -0.4 is 10.1 Å². The Bertz CT molecular complexity index is 937. The molecular weight excluding hydrogens is 440 g/mol. The highest BCUT2D eigenvalue weighted by molar-refractivity contribution is 7.09. The number of ether oxygens (including phenoxy) is 2. The van der Waals surface area contributed by atoms with E-state index in [4.69, 9.17) is 9.47 Å². The van der Waals surface area contributed by atoms with E-state index >= 15 is 0 Å². The smallest absolute Gasteiger partial charge is 0.257 e. The van der Waals surface area contributed by atoms with Crippen molar-refractivity contribution in [1.82, 2.24) is 14.8 Å². The highest BCUT2D eigenvalue weighted by Crippen LogP contribution is 2.27. The summed E-state index contributed by atoms with van der Waals surface area (Å²) < 4.78 is 12.0. The maximum Gasteiger partial charge on any atom is 0.257 e. The molecule has 1 aromatic carbocycles. The Morgan fingerprint density at radius 1 is 1.33 bits per heavy atom. The SMILES string of the molecule is CCC(=O)Nc1ccc2c(c1)C(=O)N(C)C[C@@H](OC)[C@@H](C)CN(Cc1nccs1)[C@@H](C)CO2. The van der Waals surface area contributed by atoms with E-state index in [-0.39, 0.29) is 29.9 Å². The van der Waals surface area contributed by atoms with Gasteiger partial charge in [-0.15, -0.1) is 11.3 Å². The molecule has 1 aliphatic rings. The molecule has 0 fully saturated rings. The van der Waals surface area contributed by atoms with Crippen LogP contribution in [0.1, 0.15) is 42.6 Å². The minimum atomic E-state index is -0.167. The molecular formula is C24H34N4O4S. The number of carbonyl (C=O) groups is 2. The van der Waals surface area contributed by atoms with Crippen LogP contribution in [-0.2, 0) is 16.1 Å². The average molecular weight is 475 g/mol. The van der Waals surface area contributed by atoms with Crippen molar-refractivity contribution in [3.63, 3.8) is 0 Å². The van der Waals surface area contributed by atoms with Crippen LogP contribution in [0.15, 0.2) is 29.8 Å². The highest BCUT2D eigenvalue weighted by atomic mass is 32.1. The number of anilines is 1. The first-order valence-corrected chi connectivity index (χ1v) is 12.2. The molecule has 1 aromatic heterocycles. The number of benzene rings is 1. The number of hydrogen-bond donors (Lipinski definition) is 1. The third-order valence-corrected chi connectivity index (χ3v) is 6.76. The summed E-state index contributed by atoms with van der Waals surface area (Å²) in [6.45, 7) is 8.44. The van der Waals surface area contributed by atoms with Crippen LogP contribution in [0, 0.1) is 5.92 Å². The largest absolute Gasteiger partial charge is 0.491 e. The van der Waals surface area contributed by atoms with Gasteiger partial charge >= 0.3 is 0 Å². The van der Waals surface area contributed by atoms with E-state index in [1.165, 1.54) is 0 Å². The third kappa shape index (κ3) is 6.52. The van der Waals surface area contributed by atoms with Gasteiger partial charge < -0.3 is 19.7 Å². The summed E-state index contributed by atoms with van der Waals surface area (Å²) in [6.07, 6.45) is 2.06. The molecule has 0 unspecified atom stereocenters. The van der Waals surface area contributed by atoms with Crippen molar-refractivity contribution < 1.29 is 19.1 Å². The molecule has 1 aliphatic heterocycles. The molecule has 0 aliphatic carbocycles. The number of methoxy groups -OCH3 is 1. The molecule has 8 nitrogen and oxygen atoms in total. The second-order valence-corrected chi connectivity index (χ2v) is 9.54. The van der Waals surface area contributed by atoms with Crippen molar-refractivity contribution in [2.24, 2.45) is 5.92 Å². The number of amides is 2. The number of nitrogens with one attached hydrogen (secondary N) is 1. The lowest BCUT2D eigenvalue weighted by Crippen LogP contribution is -2.46. The van der Waals surface area contributed by atoms with E-state index in [1.807, 2.05) is 11.6 Å². The van der Waals surface area contributed by atoms with Crippen molar-refractivity contribution in [2.75, 3.05) is 39.2 Å². The Balaban J connectivity index is 1.93. The monoisotopic (exact) mass is 474 g/mol. The molecule has 3 atom stereocenters. The second-order valence-electron chi connectivity index (χ2n) is 8.57. The summed E-state index contributed by atoms with van der Waals surface area (Å²) in [5.41, 5.74) is 1.00. The summed E-state index contributed by atoms with van der Waals surface area (Å²) in [7, 11) is 3.46. The molecule has 0 spiro atoms. The van der Waals surface area contributed by atoms with Crippen LogP contribution in [0.5, 0.6) is 5.75 Å². The average Bonchev–Trinajstić information content (AvgIpc) is 3.32. The molecule has 0 radical (unpaired) electrons. The Morgan fingerprint density at radius 3 is 2.79 bits per heavy atom. The zero-order valence-corrected chi connectivity index (χ0v) is 20.9. The van der Waals surface area contributed by atoms with E-state index in [0.29, 0.717) is 36.6 Å². The van der Waals surface area contributed by atoms with Crippen LogP contribution in [0.2, 0.25) is 0 Å². The predicted octanol–water partition coefficient (Wildman–Crippen LogP) is 3.50. The number of fused-ring (bicyclic) bond motifs is 1. The van der Waals surface area contributed by atoms with Gasteiger partial charge in [-0.1, -0.05) is 13.8 Å². The Morgan fingerprint density at radius 2 is 2.12 bits per heavy atom. The lowest BCUT2D eigenvalue weighted by Gasteiger charge is -2.35. The quantitative estimate of drug-likeness (QED) is 0.714. The summed E-state index contributed by atoms with van der Waals surface area (Å²) >= 11 is 1.64. The maximum absolute atomic E-state index is 13.3. The molecule has 0 saturated heterocycles. The lowest BCUT2D eigenvalue weighted by molar-refractivity contribution is -0.115. The van der Waals surface area contributed by atoms with Gasteiger partial charge in [0.15, 0.2) is 0 Å². The summed E-state index contributed by atoms with van der Waals surface area (Å²) in [5.74, 6) is 0.413. The minimum Gasteiger partial charge on any atom is -0.491 e. The molecule has 33 heavy (non-hydrogen) atoms. The van der Waals surface area contributed by atoms with Gasteiger partial charge in [-0.05, 0) is 31.0 Å². The van der Waals surface area contributed by atoms with Crippen LogP contribution >= 0.6 is 11.3 Å². The fourth-order valence-electron chi connectivity index (χ4n) is 3.90. The number of hydrogen-bond acceptors (Lipinski definition) is 7. The van der Waals surface area contributed by atoms with Crippen molar-refractivity contribution in [3.8, 4) is 5.75 Å². The van der Waals surface area contributed by atoms with Crippen LogP contribution in [-0.4, -0.2) is 72.6 Å². The van der Waals surface area contributed by atoms with E-state index < -0.39 is 0 Å². The molecule has 3 rings (SSSR count). The van der Waals surface area contributed by atoms with E-state index in [2.05, 4.69) is 29.0 Å². The Hall–Kier alpha value is -2.49. The van der Waals surface area contributed by atoms with Crippen molar-refractivity contribution >= 4 is 28.8 Å². The number of nitrogens with zero attached hydrogens (tertiary/aromatic N) is 3. The number of carbonyl (C=O) groups excluding carboxylic acids is 2. The zero-order chi connectivity index (χ0) is 24.0. The first-order chi connectivity index (χ1) is 15.8. The maximum atomic E-state index is 13.3. The second kappa shape index (κ2) is 11.6. The zero-order valence-electron chi connectivity index (χ0n) is 20.0. The molecule has 2 amide bonds. The predicted molar refractivity (Wildman–Crippen MR) is 130 cm³/mol. The highest BCUT2D eigenvalue weighted by Gasteiger charge is 2.28. The van der Waals surface area contributed by atoms with Gasteiger partial charge in [0.1, 0.15) is 17.4 Å². The van der Waals surface area contributed by atoms with Crippen molar-refractivity contribution in [3.05, 3.63) is 40.3 Å². The van der Waals surface area contributed by atoms with E-state index in [1.54, 1.807) is 55.5 Å². The summed E-state index contributed by atoms with van der Waals surface area (Å²) in [5, 5.41) is 5.87. The Kier molecular flexibility index (Phi) is 8.82. The Labute approximate surface area is 199 Å². The summed E-state index contributed by atoms with van der Waals surface area (Å²) in [6, 6.07) is 5.31. The normalized spacial score (nSPS) is 22.6. The molecule has 180 valence electrons. The van der Waals surface area contributed by atoms with E-state index in [0.717, 1.165) is 18.1 Å². The third-order valence-electron chi connectivity index (χ3n) is 6.00. The number of likely N-dealkylation sites (N-methyl/N-ethyl adjacent to an activating group) is 1. The van der Waals surface area contributed by atoms with Crippen molar-refractivity contribution in [2.45, 2.75) is 45.9 Å². The van der Waals surface area contributed by atoms with Crippen LogP contribution in [0.3, 0.4) is 0 Å². The van der Waals surface area contributed by atoms with Crippen LogP contribution in [0.25, 0.3) is 0 Å². The van der Waals surface area contributed by atoms with Gasteiger partial charge in [-0.2, -0.15) is 0 Å². The first-order valence-electron chi connectivity index (χ1n) is 11.3. The number of aromatic nitrogens is 1. The molecule has 2 aromatic rings. The van der Waals surface area contributed by atoms with Gasteiger partial charge in [0.25, 0.3) is 5.91 Å². The lowest BCUT2D eigenvalue weighted by atomic mass is 10.0. The van der Waals surface area contributed by atoms with Gasteiger partial charge in [0, 0.05) is 57.0 Å². The standard InChI is InChI=1S/C24H34N4O4S/c1-6-22(29)26-18-7-8-20-19(11-18)24(30)27(4)13-21(31-5)16(2)12-28(17(3)15-32-20)14-23-25-9-10-33-23/h7-11,16-17,21H,6,12-15H2,1-5H3,(H,26,29)/t16-,17-,21+/m0/s1. The molecule has 0 saturated carbocycles. The van der Waals surface area contributed by atoms with Gasteiger partial charge in [0.2, 0.25) is 5.91 Å². The summed E-state index contributed by atoms with van der Waals surface area (Å²) in [4.78, 5) is 33.7. The fraction of sp³-hybridized carbons (Fsp3) is 0.542. The first kappa shape index (κ1) is 25.1. The van der Waals surface area contributed by atoms with Gasteiger partial charge in [0.05, 0.1) is 18.2 Å². The molecule has 0 bridgehead atoms. The van der Waals surface area contributed by atoms with Crippen molar-refractivity contribution in [1.29, 1.82) is 0 Å². The van der Waals surface area contributed by atoms with E-state index in [9.17, 15) is 9.59 Å². The number of thiazole rings is 1. The van der Waals surface area contributed by atoms with Crippen LogP contribution in [0.4, 0.5) is 5.69 Å². The number of rotatable bonds is 5.